The Morgan fingerprint density at radius 1 is 1.39 bits per heavy atom. The molecular weight excluding hydrogens is 250 g/mol. The lowest BCUT2D eigenvalue weighted by Gasteiger charge is -2.02. The van der Waals surface area contributed by atoms with Gasteiger partial charge in [0.05, 0.1) is 6.61 Å². The van der Waals surface area contributed by atoms with Crippen LogP contribution in [0.4, 0.5) is 0 Å². The first-order valence-corrected chi connectivity index (χ1v) is 6.44. The molecule has 1 N–H and O–H groups in total. The number of aromatic carboxylic acids is 1. The van der Waals surface area contributed by atoms with Crippen molar-refractivity contribution in [3.05, 3.63) is 40.9 Å². The summed E-state index contributed by atoms with van der Waals surface area (Å²) in [6, 6.07) is 7.79. The van der Waals surface area contributed by atoms with Crippen molar-refractivity contribution in [3.8, 4) is 10.6 Å². The van der Waals surface area contributed by atoms with Gasteiger partial charge >= 0.3 is 5.97 Å². The topological polar surface area (TPSA) is 59.4 Å². The number of hydrogen-bond donors (Lipinski definition) is 1. The predicted molar refractivity (Wildman–Crippen MR) is 69.8 cm³/mol. The number of carboxylic acid groups (broad SMARTS) is 1. The minimum atomic E-state index is -0.995. The maximum absolute atomic E-state index is 10.7. The van der Waals surface area contributed by atoms with Crippen molar-refractivity contribution < 1.29 is 14.6 Å². The molecule has 94 valence electrons. The zero-order chi connectivity index (χ0) is 13.0. The van der Waals surface area contributed by atoms with E-state index in [-0.39, 0.29) is 5.69 Å². The normalized spacial score (nSPS) is 10.5. The van der Waals surface area contributed by atoms with Crippen LogP contribution in [0.5, 0.6) is 0 Å². The van der Waals surface area contributed by atoms with Crippen LogP contribution in [0.15, 0.2) is 29.6 Å². The lowest BCUT2D eigenvalue weighted by Crippen LogP contribution is -1.95. The molecule has 0 saturated carbocycles. The largest absolute Gasteiger partial charge is 0.476 e. The molecule has 0 spiro atoms. The van der Waals surface area contributed by atoms with Gasteiger partial charge in [0.2, 0.25) is 0 Å². The van der Waals surface area contributed by atoms with Gasteiger partial charge in [-0.3, -0.25) is 0 Å². The quantitative estimate of drug-likeness (QED) is 0.900. The summed E-state index contributed by atoms with van der Waals surface area (Å²) in [5.74, 6) is -0.995. The van der Waals surface area contributed by atoms with Crippen LogP contribution in [0.25, 0.3) is 10.6 Å². The van der Waals surface area contributed by atoms with Crippen molar-refractivity contribution in [1.29, 1.82) is 0 Å². The van der Waals surface area contributed by atoms with Gasteiger partial charge in [-0.2, -0.15) is 0 Å². The van der Waals surface area contributed by atoms with Crippen LogP contribution in [0.1, 0.15) is 23.0 Å². The van der Waals surface area contributed by atoms with E-state index in [2.05, 4.69) is 4.98 Å². The highest BCUT2D eigenvalue weighted by atomic mass is 32.1. The Hall–Kier alpha value is -1.72. The first kappa shape index (κ1) is 12.7. The molecule has 0 atom stereocenters. The molecule has 4 nitrogen and oxygen atoms in total. The second-order valence-electron chi connectivity index (χ2n) is 3.68. The first-order chi connectivity index (χ1) is 8.70. The summed E-state index contributed by atoms with van der Waals surface area (Å²) < 4.78 is 5.31. The van der Waals surface area contributed by atoms with Crippen LogP contribution in [0, 0.1) is 0 Å². The summed E-state index contributed by atoms with van der Waals surface area (Å²) >= 11 is 1.33. The van der Waals surface area contributed by atoms with Crippen LogP contribution < -0.4 is 0 Å². The molecule has 5 heteroatoms. The molecule has 2 aromatic rings. The van der Waals surface area contributed by atoms with Gasteiger partial charge in [-0.1, -0.05) is 24.3 Å². The minimum Gasteiger partial charge on any atom is -0.476 e. The van der Waals surface area contributed by atoms with Gasteiger partial charge < -0.3 is 9.84 Å². The fourth-order valence-electron chi connectivity index (χ4n) is 1.47. The Balaban J connectivity index is 2.15. The average Bonchev–Trinajstić information content (AvgIpc) is 2.87. The van der Waals surface area contributed by atoms with E-state index in [1.54, 1.807) is 5.38 Å². The van der Waals surface area contributed by atoms with Gasteiger partial charge in [-0.25, -0.2) is 9.78 Å². The molecule has 1 aromatic carbocycles. The molecule has 0 aliphatic rings. The van der Waals surface area contributed by atoms with Gasteiger partial charge in [-0.15, -0.1) is 11.3 Å². The van der Waals surface area contributed by atoms with Crippen molar-refractivity contribution in [3.63, 3.8) is 0 Å². The summed E-state index contributed by atoms with van der Waals surface area (Å²) in [7, 11) is 0. The van der Waals surface area contributed by atoms with Crippen LogP contribution in [0.3, 0.4) is 0 Å². The van der Waals surface area contributed by atoms with Crippen molar-refractivity contribution in [1.82, 2.24) is 4.98 Å². The SMILES string of the molecule is CCOCc1ccc(-c2nc(C(=O)O)cs2)cc1. The second-order valence-corrected chi connectivity index (χ2v) is 4.54. The third-order valence-electron chi connectivity index (χ3n) is 2.40. The lowest BCUT2D eigenvalue weighted by atomic mass is 10.1. The fraction of sp³-hybridized carbons (Fsp3) is 0.231. The number of carboxylic acids is 1. The lowest BCUT2D eigenvalue weighted by molar-refractivity contribution is 0.0691. The molecule has 2 rings (SSSR count). The highest BCUT2D eigenvalue weighted by Gasteiger charge is 2.09. The van der Waals surface area contributed by atoms with E-state index in [1.807, 2.05) is 31.2 Å². The summed E-state index contributed by atoms with van der Waals surface area (Å²) in [5.41, 5.74) is 2.11. The van der Waals surface area contributed by atoms with Crippen molar-refractivity contribution in [2.75, 3.05) is 6.61 Å². The minimum absolute atomic E-state index is 0.0911. The Kier molecular flexibility index (Phi) is 4.07. The monoisotopic (exact) mass is 263 g/mol. The molecule has 0 fully saturated rings. The number of nitrogens with zero attached hydrogens (tertiary/aromatic N) is 1. The van der Waals surface area contributed by atoms with Crippen LogP contribution >= 0.6 is 11.3 Å². The van der Waals surface area contributed by atoms with E-state index >= 15 is 0 Å². The van der Waals surface area contributed by atoms with Crippen molar-refractivity contribution >= 4 is 17.3 Å². The van der Waals surface area contributed by atoms with Gasteiger partial charge in [0.1, 0.15) is 5.01 Å². The molecule has 0 aliphatic heterocycles. The summed E-state index contributed by atoms with van der Waals surface area (Å²) in [6.45, 7) is 3.24. The second kappa shape index (κ2) is 5.75. The van der Waals surface area contributed by atoms with Gasteiger partial charge in [0.15, 0.2) is 5.69 Å². The van der Waals surface area contributed by atoms with E-state index in [4.69, 9.17) is 9.84 Å². The van der Waals surface area contributed by atoms with Crippen molar-refractivity contribution in [2.45, 2.75) is 13.5 Å². The number of benzene rings is 1. The Bertz CT molecular complexity index is 533. The molecule has 0 amide bonds. The fourth-order valence-corrected chi connectivity index (χ4v) is 2.27. The smallest absolute Gasteiger partial charge is 0.355 e. The molecule has 0 unspecified atom stereocenters. The van der Waals surface area contributed by atoms with Crippen LogP contribution in [-0.4, -0.2) is 22.7 Å². The summed E-state index contributed by atoms with van der Waals surface area (Å²) in [4.78, 5) is 14.8. The maximum Gasteiger partial charge on any atom is 0.355 e. The third-order valence-corrected chi connectivity index (χ3v) is 3.29. The molecule has 1 heterocycles. The molecule has 1 aromatic heterocycles. The molecule has 0 aliphatic carbocycles. The van der Waals surface area contributed by atoms with E-state index in [0.29, 0.717) is 13.2 Å². The van der Waals surface area contributed by atoms with Crippen LogP contribution in [-0.2, 0) is 11.3 Å². The molecule has 0 radical (unpaired) electrons. The molecule has 0 bridgehead atoms. The van der Waals surface area contributed by atoms with Crippen molar-refractivity contribution in [2.24, 2.45) is 0 Å². The highest BCUT2D eigenvalue weighted by molar-refractivity contribution is 7.13. The zero-order valence-electron chi connectivity index (χ0n) is 9.92. The number of carbonyl (C=O) groups is 1. The number of rotatable bonds is 5. The zero-order valence-corrected chi connectivity index (χ0v) is 10.7. The standard InChI is InChI=1S/C13H13NO3S/c1-2-17-7-9-3-5-10(6-4-9)12-14-11(8-18-12)13(15)16/h3-6,8H,2,7H2,1H3,(H,15,16). The molecular formula is C13H13NO3S. The molecule has 18 heavy (non-hydrogen) atoms. The average molecular weight is 263 g/mol. The number of aromatic nitrogens is 1. The van der Waals surface area contributed by atoms with E-state index < -0.39 is 5.97 Å². The van der Waals surface area contributed by atoms with E-state index in [9.17, 15) is 4.79 Å². The number of ether oxygens (including phenoxy) is 1. The van der Waals surface area contributed by atoms with E-state index in [1.165, 1.54) is 11.3 Å². The molecule has 0 saturated heterocycles. The van der Waals surface area contributed by atoms with Crippen LogP contribution in [0.2, 0.25) is 0 Å². The number of thiazole rings is 1. The Labute approximate surface area is 109 Å². The first-order valence-electron chi connectivity index (χ1n) is 5.56. The van der Waals surface area contributed by atoms with Gasteiger partial charge in [-0.05, 0) is 12.5 Å². The Morgan fingerprint density at radius 2 is 2.11 bits per heavy atom. The van der Waals surface area contributed by atoms with Gasteiger partial charge in [0, 0.05) is 17.6 Å². The predicted octanol–water partition coefficient (Wildman–Crippen LogP) is 3.04. The van der Waals surface area contributed by atoms with Gasteiger partial charge in [0.25, 0.3) is 0 Å². The third kappa shape index (κ3) is 2.94. The van der Waals surface area contributed by atoms with E-state index in [0.717, 1.165) is 16.1 Å². The number of hydrogen-bond acceptors (Lipinski definition) is 4. The maximum atomic E-state index is 10.7. The summed E-state index contributed by atoms with van der Waals surface area (Å²) in [6.07, 6.45) is 0. The Morgan fingerprint density at radius 3 is 2.67 bits per heavy atom. The highest BCUT2D eigenvalue weighted by Crippen LogP contribution is 2.24. The summed E-state index contributed by atoms with van der Waals surface area (Å²) in [5, 5.41) is 11.1.